The van der Waals surface area contributed by atoms with Crippen molar-refractivity contribution in [1.82, 2.24) is 10.2 Å². The van der Waals surface area contributed by atoms with Gasteiger partial charge < -0.3 is 16.0 Å². The van der Waals surface area contributed by atoms with Gasteiger partial charge in [-0.3, -0.25) is 9.59 Å². The van der Waals surface area contributed by atoms with Crippen LogP contribution in [0.4, 0.5) is 0 Å². The van der Waals surface area contributed by atoms with Crippen molar-refractivity contribution < 1.29 is 9.59 Å². The van der Waals surface area contributed by atoms with E-state index in [2.05, 4.69) is 5.32 Å². The first kappa shape index (κ1) is 21.5. The Morgan fingerprint density at radius 3 is 2.52 bits per heavy atom. The van der Waals surface area contributed by atoms with Gasteiger partial charge in [0, 0.05) is 32.5 Å². The average Bonchev–Trinajstić information content (AvgIpc) is 2.99. The minimum atomic E-state index is 0. The van der Waals surface area contributed by atoms with Crippen LogP contribution in [0.1, 0.15) is 56.1 Å². The summed E-state index contributed by atoms with van der Waals surface area (Å²) in [6, 6.07) is 8.03. The highest BCUT2D eigenvalue weighted by atomic mass is 35.5. The monoisotopic (exact) mass is 367 g/mol. The van der Waals surface area contributed by atoms with Gasteiger partial charge in [-0.2, -0.15) is 0 Å². The molecule has 0 atom stereocenters. The normalized spacial score (nSPS) is 13.6. The van der Waals surface area contributed by atoms with E-state index in [9.17, 15) is 9.59 Å². The molecule has 0 unspecified atom stereocenters. The molecule has 3 N–H and O–H groups in total. The predicted octanol–water partition coefficient (Wildman–Crippen LogP) is 2.76. The number of hydrogen-bond acceptors (Lipinski definition) is 3. The number of nitrogens with zero attached hydrogens (tertiary/aromatic N) is 1. The smallest absolute Gasteiger partial charge is 0.222 e. The number of hydrogen-bond donors (Lipinski definition) is 2. The molecule has 2 rings (SSSR count). The Bertz CT molecular complexity index is 551. The topological polar surface area (TPSA) is 75.4 Å². The zero-order valence-corrected chi connectivity index (χ0v) is 15.7. The van der Waals surface area contributed by atoms with E-state index in [1.807, 2.05) is 29.2 Å². The van der Waals surface area contributed by atoms with Crippen LogP contribution in [0.5, 0.6) is 0 Å². The third-order valence-corrected chi connectivity index (χ3v) is 4.48. The van der Waals surface area contributed by atoms with E-state index in [0.717, 1.165) is 56.3 Å². The zero-order valence-electron chi connectivity index (χ0n) is 14.8. The van der Waals surface area contributed by atoms with Crippen LogP contribution in [0, 0.1) is 0 Å². The third-order valence-electron chi connectivity index (χ3n) is 4.48. The number of carbonyl (C=O) groups excluding carboxylic acids is 2. The van der Waals surface area contributed by atoms with Gasteiger partial charge in [0.25, 0.3) is 0 Å². The first-order chi connectivity index (χ1) is 11.7. The minimum Gasteiger partial charge on any atom is -0.352 e. The molecule has 1 aliphatic heterocycles. The lowest BCUT2D eigenvalue weighted by Crippen LogP contribution is -2.26. The number of rotatable bonds is 10. The van der Waals surface area contributed by atoms with E-state index in [4.69, 9.17) is 5.73 Å². The van der Waals surface area contributed by atoms with Gasteiger partial charge in [0.05, 0.1) is 0 Å². The lowest BCUT2D eigenvalue weighted by molar-refractivity contribution is -0.128. The summed E-state index contributed by atoms with van der Waals surface area (Å²) in [7, 11) is 0. The predicted molar refractivity (Wildman–Crippen MR) is 102 cm³/mol. The number of unbranched alkanes of at least 4 members (excludes halogenated alkanes) is 3. The fourth-order valence-electron chi connectivity index (χ4n) is 3.03. The summed E-state index contributed by atoms with van der Waals surface area (Å²) in [5.74, 6) is 0.320. The summed E-state index contributed by atoms with van der Waals surface area (Å²) in [6.07, 6.45) is 6.26. The summed E-state index contributed by atoms with van der Waals surface area (Å²) in [4.78, 5) is 25.7. The Hall–Kier alpha value is -1.59. The molecule has 0 aromatic heterocycles. The molecule has 0 bridgehead atoms. The first-order valence-corrected chi connectivity index (χ1v) is 9.02. The van der Waals surface area contributed by atoms with E-state index >= 15 is 0 Å². The highest BCUT2D eigenvalue weighted by Gasteiger charge is 2.20. The van der Waals surface area contributed by atoms with Gasteiger partial charge in [-0.25, -0.2) is 0 Å². The molecule has 1 fully saturated rings. The minimum absolute atomic E-state index is 0. The molecule has 140 valence electrons. The number of benzene rings is 1. The molecule has 0 radical (unpaired) electrons. The molecule has 0 aliphatic carbocycles. The quantitative estimate of drug-likeness (QED) is 0.624. The molecule has 25 heavy (non-hydrogen) atoms. The Balaban J connectivity index is 0.00000312. The number of likely N-dealkylation sites (tertiary alicyclic amines) is 1. The van der Waals surface area contributed by atoms with Crippen LogP contribution in [0.25, 0.3) is 0 Å². The second-order valence-electron chi connectivity index (χ2n) is 6.42. The number of halogens is 1. The maximum absolute atomic E-state index is 12.0. The zero-order chi connectivity index (χ0) is 17.2. The number of amides is 2. The number of nitrogens with two attached hydrogens (primary N) is 1. The Morgan fingerprint density at radius 1 is 1.12 bits per heavy atom. The van der Waals surface area contributed by atoms with Gasteiger partial charge in [0.1, 0.15) is 0 Å². The van der Waals surface area contributed by atoms with Crippen LogP contribution >= 0.6 is 12.4 Å². The van der Waals surface area contributed by atoms with Crippen molar-refractivity contribution in [3.05, 3.63) is 35.4 Å². The number of carbonyl (C=O) groups is 2. The molecule has 1 saturated heterocycles. The summed E-state index contributed by atoms with van der Waals surface area (Å²) >= 11 is 0. The van der Waals surface area contributed by atoms with Gasteiger partial charge in [0.15, 0.2) is 0 Å². The molecule has 1 aromatic carbocycles. The van der Waals surface area contributed by atoms with Gasteiger partial charge >= 0.3 is 0 Å². The SMILES string of the molecule is Cl.NCCCCCCC(=O)NCc1ccccc1CN1CCCC1=O. The highest BCUT2D eigenvalue weighted by molar-refractivity contribution is 5.85. The highest BCUT2D eigenvalue weighted by Crippen LogP contribution is 2.17. The average molecular weight is 368 g/mol. The van der Waals surface area contributed by atoms with Crippen molar-refractivity contribution in [2.75, 3.05) is 13.1 Å². The van der Waals surface area contributed by atoms with E-state index in [-0.39, 0.29) is 24.2 Å². The Kier molecular flexibility index (Phi) is 10.2. The maximum Gasteiger partial charge on any atom is 0.222 e. The first-order valence-electron chi connectivity index (χ1n) is 9.02. The lowest BCUT2D eigenvalue weighted by Gasteiger charge is -2.18. The van der Waals surface area contributed by atoms with Crippen LogP contribution in [0.2, 0.25) is 0 Å². The van der Waals surface area contributed by atoms with Crippen molar-refractivity contribution >= 4 is 24.2 Å². The fourth-order valence-corrected chi connectivity index (χ4v) is 3.03. The van der Waals surface area contributed by atoms with Crippen LogP contribution in [0.15, 0.2) is 24.3 Å². The second kappa shape index (κ2) is 11.9. The van der Waals surface area contributed by atoms with E-state index in [1.165, 1.54) is 0 Å². The summed E-state index contributed by atoms with van der Waals surface area (Å²) < 4.78 is 0. The molecule has 1 aliphatic rings. The van der Waals surface area contributed by atoms with E-state index < -0.39 is 0 Å². The van der Waals surface area contributed by atoms with Crippen molar-refractivity contribution in [2.24, 2.45) is 5.73 Å². The molecular weight excluding hydrogens is 338 g/mol. The van der Waals surface area contributed by atoms with Crippen LogP contribution in [0.3, 0.4) is 0 Å². The van der Waals surface area contributed by atoms with Crippen molar-refractivity contribution in [2.45, 2.75) is 58.0 Å². The van der Waals surface area contributed by atoms with Gasteiger partial charge in [0.2, 0.25) is 11.8 Å². The Labute approximate surface area is 156 Å². The summed E-state index contributed by atoms with van der Waals surface area (Å²) in [5, 5.41) is 3.00. The standard InChI is InChI=1S/C19H29N3O2.ClH/c20-12-6-2-1-3-10-18(23)21-14-16-8-4-5-9-17(16)15-22-13-7-11-19(22)24;/h4-5,8-9H,1-3,6-7,10-15,20H2,(H,21,23);1H. The molecular formula is C19H30ClN3O2. The second-order valence-corrected chi connectivity index (χ2v) is 6.42. The van der Waals surface area contributed by atoms with Crippen molar-refractivity contribution in [3.8, 4) is 0 Å². The van der Waals surface area contributed by atoms with Crippen molar-refractivity contribution in [3.63, 3.8) is 0 Å². The molecule has 6 heteroatoms. The fraction of sp³-hybridized carbons (Fsp3) is 0.579. The van der Waals surface area contributed by atoms with Crippen LogP contribution in [-0.2, 0) is 22.7 Å². The third kappa shape index (κ3) is 7.45. The lowest BCUT2D eigenvalue weighted by atomic mass is 10.1. The molecule has 1 aromatic rings. The van der Waals surface area contributed by atoms with Crippen molar-refractivity contribution in [1.29, 1.82) is 0 Å². The van der Waals surface area contributed by atoms with Crippen LogP contribution < -0.4 is 11.1 Å². The summed E-state index contributed by atoms with van der Waals surface area (Å²) in [5.41, 5.74) is 7.67. The molecule has 5 nitrogen and oxygen atoms in total. The van der Waals surface area contributed by atoms with Gasteiger partial charge in [-0.15, -0.1) is 12.4 Å². The van der Waals surface area contributed by atoms with Gasteiger partial charge in [-0.05, 0) is 36.9 Å². The Morgan fingerprint density at radius 2 is 1.84 bits per heavy atom. The summed E-state index contributed by atoms with van der Waals surface area (Å²) in [6.45, 7) is 2.73. The largest absolute Gasteiger partial charge is 0.352 e. The van der Waals surface area contributed by atoms with Crippen LogP contribution in [-0.4, -0.2) is 29.8 Å². The number of nitrogens with one attached hydrogen (secondary N) is 1. The van der Waals surface area contributed by atoms with E-state index in [1.54, 1.807) is 0 Å². The maximum atomic E-state index is 12.0. The molecule has 0 spiro atoms. The molecule has 1 heterocycles. The van der Waals surface area contributed by atoms with Gasteiger partial charge in [-0.1, -0.05) is 37.1 Å². The molecule has 2 amide bonds. The van der Waals surface area contributed by atoms with E-state index in [0.29, 0.717) is 25.9 Å². The molecule has 0 saturated carbocycles.